The van der Waals surface area contributed by atoms with Crippen LogP contribution < -0.4 is 20.5 Å². The van der Waals surface area contributed by atoms with Crippen LogP contribution in [-0.2, 0) is 4.79 Å². The molecule has 1 saturated carbocycles. The fourth-order valence-corrected chi connectivity index (χ4v) is 3.03. The maximum Gasteiger partial charge on any atom is 0.231 e. The first-order chi connectivity index (χ1) is 10.1. The van der Waals surface area contributed by atoms with E-state index in [2.05, 4.69) is 5.32 Å². The van der Waals surface area contributed by atoms with E-state index in [4.69, 9.17) is 15.2 Å². The highest BCUT2D eigenvalue weighted by Gasteiger charge is 2.37. The molecule has 1 aromatic carbocycles. The molecule has 1 unspecified atom stereocenters. The lowest BCUT2D eigenvalue weighted by Gasteiger charge is -2.40. The molecular weight excluding hydrogens is 268 g/mol. The highest BCUT2D eigenvalue weighted by atomic mass is 16.7. The van der Waals surface area contributed by atoms with Gasteiger partial charge in [-0.3, -0.25) is 4.79 Å². The van der Waals surface area contributed by atoms with E-state index in [1.807, 2.05) is 25.1 Å². The van der Waals surface area contributed by atoms with Crippen molar-refractivity contribution in [3.63, 3.8) is 0 Å². The quantitative estimate of drug-likeness (QED) is 0.871. The van der Waals surface area contributed by atoms with Crippen molar-refractivity contribution in [1.29, 1.82) is 0 Å². The van der Waals surface area contributed by atoms with Gasteiger partial charge >= 0.3 is 0 Å². The molecule has 114 valence electrons. The monoisotopic (exact) mass is 290 g/mol. The average molecular weight is 290 g/mol. The molecular formula is C16H22N2O3. The van der Waals surface area contributed by atoms with Crippen molar-refractivity contribution in [2.45, 2.75) is 38.6 Å². The number of nitrogens with one attached hydrogen (secondary N) is 1. The van der Waals surface area contributed by atoms with Crippen LogP contribution in [0, 0.1) is 5.41 Å². The predicted molar refractivity (Wildman–Crippen MR) is 79.1 cm³/mol. The Bertz CT molecular complexity index is 535. The Hall–Kier alpha value is -1.75. The lowest BCUT2D eigenvalue weighted by Crippen LogP contribution is -2.42. The van der Waals surface area contributed by atoms with Crippen LogP contribution in [0.3, 0.4) is 0 Å². The Kier molecular flexibility index (Phi) is 3.76. The summed E-state index contributed by atoms with van der Waals surface area (Å²) in [6.45, 7) is 2.84. The van der Waals surface area contributed by atoms with Crippen LogP contribution in [-0.4, -0.2) is 19.2 Å². The lowest BCUT2D eigenvalue weighted by molar-refractivity contribution is -0.125. The van der Waals surface area contributed by atoms with E-state index < -0.39 is 0 Å². The smallest absolute Gasteiger partial charge is 0.231 e. The molecule has 0 radical (unpaired) electrons. The van der Waals surface area contributed by atoms with Crippen molar-refractivity contribution < 1.29 is 14.3 Å². The molecule has 2 aliphatic rings. The van der Waals surface area contributed by atoms with E-state index in [1.165, 1.54) is 6.42 Å². The van der Waals surface area contributed by atoms with Gasteiger partial charge in [-0.25, -0.2) is 0 Å². The summed E-state index contributed by atoms with van der Waals surface area (Å²) >= 11 is 0. The number of amides is 1. The van der Waals surface area contributed by atoms with E-state index in [9.17, 15) is 4.79 Å². The molecule has 1 aliphatic heterocycles. The first-order valence-corrected chi connectivity index (χ1v) is 7.51. The van der Waals surface area contributed by atoms with Gasteiger partial charge in [0, 0.05) is 6.42 Å². The highest BCUT2D eigenvalue weighted by Crippen LogP contribution is 2.43. The second-order valence-corrected chi connectivity index (χ2v) is 6.14. The molecule has 1 amide bonds. The first kappa shape index (κ1) is 14.2. The highest BCUT2D eigenvalue weighted by molar-refractivity contribution is 5.77. The maximum atomic E-state index is 12.2. The fourth-order valence-electron chi connectivity index (χ4n) is 3.03. The largest absolute Gasteiger partial charge is 0.454 e. The summed E-state index contributed by atoms with van der Waals surface area (Å²) in [7, 11) is 0. The molecule has 1 aliphatic carbocycles. The summed E-state index contributed by atoms with van der Waals surface area (Å²) in [5.74, 6) is 1.57. The van der Waals surface area contributed by atoms with Crippen LogP contribution in [0.1, 0.15) is 44.2 Å². The molecule has 5 heteroatoms. The van der Waals surface area contributed by atoms with Crippen molar-refractivity contribution >= 4 is 5.91 Å². The normalized spacial score (nSPS) is 19.7. The van der Waals surface area contributed by atoms with Gasteiger partial charge in [-0.1, -0.05) is 12.5 Å². The summed E-state index contributed by atoms with van der Waals surface area (Å²) < 4.78 is 10.7. The number of fused-ring (bicyclic) bond motifs is 1. The molecule has 0 bridgehead atoms. The van der Waals surface area contributed by atoms with Gasteiger partial charge in [-0.15, -0.1) is 0 Å². The molecule has 3 N–H and O–H groups in total. The SMILES string of the molecule is CC(NC(=O)CC1(CN)CCC1)c1ccc2c(c1)OCO2. The molecule has 5 nitrogen and oxygen atoms in total. The fraction of sp³-hybridized carbons (Fsp3) is 0.562. The van der Waals surface area contributed by atoms with E-state index in [-0.39, 0.29) is 24.2 Å². The number of carbonyl (C=O) groups is 1. The summed E-state index contributed by atoms with van der Waals surface area (Å²) in [5.41, 5.74) is 6.87. The third kappa shape index (κ3) is 2.83. The van der Waals surface area contributed by atoms with Crippen molar-refractivity contribution in [3.8, 4) is 11.5 Å². The van der Waals surface area contributed by atoms with Crippen LogP contribution in [0.4, 0.5) is 0 Å². The predicted octanol–water partition coefficient (Wildman–Crippen LogP) is 2.11. The zero-order valence-corrected chi connectivity index (χ0v) is 12.4. The van der Waals surface area contributed by atoms with Crippen LogP contribution in [0.15, 0.2) is 18.2 Å². The zero-order valence-electron chi connectivity index (χ0n) is 12.4. The van der Waals surface area contributed by atoms with Gasteiger partial charge in [0.15, 0.2) is 11.5 Å². The zero-order chi connectivity index (χ0) is 14.9. The molecule has 21 heavy (non-hydrogen) atoms. The van der Waals surface area contributed by atoms with E-state index >= 15 is 0 Å². The average Bonchev–Trinajstić information content (AvgIpc) is 2.90. The summed E-state index contributed by atoms with van der Waals surface area (Å²) in [6.07, 6.45) is 3.84. The molecule has 1 fully saturated rings. The summed E-state index contributed by atoms with van der Waals surface area (Å²) in [5, 5.41) is 3.05. The summed E-state index contributed by atoms with van der Waals surface area (Å²) in [6, 6.07) is 5.71. The van der Waals surface area contributed by atoms with Crippen LogP contribution in [0.5, 0.6) is 11.5 Å². The van der Waals surface area contributed by atoms with Crippen LogP contribution in [0.2, 0.25) is 0 Å². The minimum absolute atomic E-state index is 0.0404. The Morgan fingerprint density at radius 2 is 2.14 bits per heavy atom. The second kappa shape index (κ2) is 5.56. The first-order valence-electron chi connectivity index (χ1n) is 7.51. The molecule has 1 aromatic rings. The van der Waals surface area contributed by atoms with Gasteiger partial charge in [-0.2, -0.15) is 0 Å². The summed E-state index contributed by atoms with van der Waals surface area (Å²) in [4.78, 5) is 12.2. The minimum atomic E-state index is -0.0538. The van der Waals surface area contributed by atoms with Gasteiger partial charge in [-0.05, 0) is 49.4 Å². The van der Waals surface area contributed by atoms with Crippen molar-refractivity contribution in [1.82, 2.24) is 5.32 Å². The molecule has 3 rings (SSSR count). The minimum Gasteiger partial charge on any atom is -0.454 e. The number of hydrogen-bond acceptors (Lipinski definition) is 4. The Morgan fingerprint density at radius 3 is 2.81 bits per heavy atom. The molecule has 1 atom stereocenters. The van der Waals surface area contributed by atoms with Crippen LogP contribution >= 0.6 is 0 Å². The third-order valence-corrected chi connectivity index (χ3v) is 4.66. The van der Waals surface area contributed by atoms with Crippen molar-refractivity contribution in [2.24, 2.45) is 11.1 Å². The van der Waals surface area contributed by atoms with Gasteiger partial charge in [0.05, 0.1) is 6.04 Å². The molecule has 0 saturated heterocycles. The number of ether oxygens (including phenoxy) is 2. The van der Waals surface area contributed by atoms with E-state index in [0.717, 1.165) is 29.9 Å². The van der Waals surface area contributed by atoms with Crippen molar-refractivity contribution in [2.75, 3.05) is 13.3 Å². The number of benzene rings is 1. The number of nitrogens with two attached hydrogens (primary N) is 1. The number of carbonyl (C=O) groups excluding carboxylic acids is 1. The van der Waals surface area contributed by atoms with Crippen LogP contribution in [0.25, 0.3) is 0 Å². The van der Waals surface area contributed by atoms with Gasteiger partial charge in [0.1, 0.15) is 0 Å². The Labute approximate surface area is 124 Å². The Morgan fingerprint density at radius 1 is 1.38 bits per heavy atom. The Balaban J connectivity index is 1.60. The van der Waals surface area contributed by atoms with Gasteiger partial charge < -0.3 is 20.5 Å². The van der Waals surface area contributed by atoms with E-state index in [0.29, 0.717) is 13.0 Å². The number of hydrogen-bond donors (Lipinski definition) is 2. The van der Waals surface area contributed by atoms with Crippen molar-refractivity contribution in [3.05, 3.63) is 23.8 Å². The topological polar surface area (TPSA) is 73.6 Å². The lowest BCUT2D eigenvalue weighted by atomic mass is 9.66. The molecule has 0 spiro atoms. The second-order valence-electron chi connectivity index (χ2n) is 6.14. The molecule has 1 heterocycles. The van der Waals surface area contributed by atoms with Gasteiger partial charge in [0.25, 0.3) is 0 Å². The molecule has 0 aromatic heterocycles. The van der Waals surface area contributed by atoms with Gasteiger partial charge in [0.2, 0.25) is 12.7 Å². The maximum absolute atomic E-state index is 12.2. The number of rotatable bonds is 5. The third-order valence-electron chi connectivity index (χ3n) is 4.66. The van der Waals surface area contributed by atoms with E-state index in [1.54, 1.807) is 0 Å². The standard InChI is InChI=1S/C16H22N2O3/c1-11(12-3-4-13-14(7-12)21-10-20-13)18-15(19)8-16(9-17)5-2-6-16/h3-4,7,11H,2,5-6,8-10,17H2,1H3,(H,18,19).